The Morgan fingerprint density at radius 2 is 1.83 bits per heavy atom. The van der Waals surface area contributed by atoms with Crippen LogP contribution >= 0.6 is 0 Å². The molecule has 0 bridgehead atoms. The number of carbonyl (C=O) groups is 1. The van der Waals surface area contributed by atoms with Crippen LogP contribution in [0.3, 0.4) is 0 Å². The first-order valence-electron chi connectivity index (χ1n) is 10.1. The topological polar surface area (TPSA) is 90.3 Å². The SMILES string of the molecule is CC(=O)N1CC[C@@H](NS(=O)(=O)C(C)C)[C@H](c2ccc(-c3ccccc3C#N)cc2)C1. The van der Waals surface area contributed by atoms with Gasteiger partial charge in [-0.15, -0.1) is 0 Å². The van der Waals surface area contributed by atoms with Crippen molar-refractivity contribution in [1.82, 2.24) is 9.62 Å². The van der Waals surface area contributed by atoms with E-state index in [9.17, 15) is 18.5 Å². The summed E-state index contributed by atoms with van der Waals surface area (Å²) >= 11 is 0. The number of nitrogens with zero attached hydrogens (tertiary/aromatic N) is 2. The highest BCUT2D eigenvalue weighted by molar-refractivity contribution is 7.90. The molecular weight excluding hydrogens is 398 g/mol. The highest BCUT2D eigenvalue weighted by Gasteiger charge is 2.34. The van der Waals surface area contributed by atoms with E-state index in [1.54, 1.807) is 24.8 Å². The fourth-order valence-corrected chi connectivity index (χ4v) is 4.78. The van der Waals surface area contributed by atoms with Crippen molar-refractivity contribution in [3.63, 3.8) is 0 Å². The number of nitriles is 1. The molecule has 1 fully saturated rings. The van der Waals surface area contributed by atoms with E-state index in [4.69, 9.17) is 0 Å². The monoisotopic (exact) mass is 425 g/mol. The molecule has 30 heavy (non-hydrogen) atoms. The van der Waals surface area contributed by atoms with Crippen LogP contribution in [0, 0.1) is 11.3 Å². The number of hydrogen-bond donors (Lipinski definition) is 1. The number of amides is 1. The van der Waals surface area contributed by atoms with Crippen LogP contribution in [0.5, 0.6) is 0 Å². The lowest BCUT2D eigenvalue weighted by Crippen LogP contribution is -2.51. The minimum atomic E-state index is -3.43. The van der Waals surface area contributed by atoms with E-state index in [-0.39, 0.29) is 17.9 Å². The van der Waals surface area contributed by atoms with E-state index in [0.29, 0.717) is 25.1 Å². The molecular formula is C23H27N3O3S. The van der Waals surface area contributed by atoms with Crippen LogP contribution in [0.15, 0.2) is 48.5 Å². The molecule has 2 aromatic carbocycles. The van der Waals surface area contributed by atoms with Crippen LogP contribution in [-0.2, 0) is 14.8 Å². The van der Waals surface area contributed by atoms with E-state index in [2.05, 4.69) is 10.8 Å². The highest BCUT2D eigenvalue weighted by atomic mass is 32.2. The van der Waals surface area contributed by atoms with Gasteiger partial charge >= 0.3 is 0 Å². The van der Waals surface area contributed by atoms with Crippen LogP contribution in [0.4, 0.5) is 0 Å². The molecule has 1 N–H and O–H groups in total. The number of rotatable bonds is 5. The first-order valence-corrected chi connectivity index (χ1v) is 11.6. The van der Waals surface area contributed by atoms with Gasteiger partial charge in [0.05, 0.1) is 16.9 Å². The Morgan fingerprint density at radius 1 is 1.17 bits per heavy atom. The summed E-state index contributed by atoms with van der Waals surface area (Å²) in [5, 5.41) is 8.83. The number of likely N-dealkylation sites (tertiary alicyclic amines) is 1. The van der Waals surface area contributed by atoms with E-state index in [0.717, 1.165) is 16.7 Å². The van der Waals surface area contributed by atoms with Crippen molar-refractivity contribution in [3.05, 3.63) is 59.7 Å². The van der Waals surface area contributed by atoms with Crippen molar-refractivity contribution in [1.29, 1.82) is 5.26 Å². The Morgan fingerprint density at radius 3 is 2.43 bits per heavy atom. The van der Waals surface area contributed by atoms with Crippen LogP contribution in [0.1, 0.15) is 44.2 Å². The standard InChI is InChI=1S/C23H27N3O3S/c1-16(2)30(28,29)25-23-12-13-26(17(3)27)15-22(23)19-10-8-18(9-11-19)21-7-5-4-6-20(21)14-24/h4-11,16,22-23,25H,12-13,15H2,1-3H3/t22-,23+/m0/s1. The molecule has 2 aromatic rings. The summed E-state index contributed by atoms with van der Waals surface area (Å²) in [7, 11) is -3.43. The largest absolute Gasteiger partial charge is 0.342 e. The lowest BCUT2D eigenvalue weighted by atomic mass is 9.85. The maximum absolute atomic E-state index is 12.5. The normalized spacial score (nSPS) is 19.5. The summed E-state index contributed by atoms with van der Waals surface area (Å²) < 4.78 is 27.8. The molecule has 7 heteroatoms. The van der Waals surface area contributed by atoms with Gasteiger partial charge in [0.25, 0.3) is 0 Å². The lowest BCUT2D eigenvalue weighted by Gasteiger charge is -2.39. The fourth-order valence-electron chi connectivity index (χ4n) is 3.81. The van der Waals surface area contributed by atoms with Gasteiger partial charge in [-0.25, -0.2) is 13.1 Å². The summed E-state index contributed by atoms with van der Waals surface area (Å²) in [6.45, 7) is 5.85. The summed E-state index contributed by atoms with van der Waals surface area (Å²) in [6, 6.07) is 17.2. The summed E-state index contributed by atoms with van der Waals surface area (Å²) in [5.74, 6) is -0.152. The molecule has 1 heterocycles. The average Bonchev–Trinajstić information content (AvgIpc) is 2.73. The van der Waals surface area contributed by atoms with Gasteiger partial charge in [0.2, 0.25) is 15.9 Å². The molecule has 1 saturated heterocycles. The Hall–Kier alpha value is -2.69. The number of hydrogen-bond acceptors (Lipinski definition) is 4. The third-order valence-electron chi connectivity index (χ3n) is 5.69. The zero-order valence-electron chi connectivity index (χ0n) is 17.5. The molecule has 0 unspecified atom stereocenters. The van der Waals surface area contributed by atoms with Crippen molar-refractivity contribution >= 4 is 15.9 Å². The second-order valence-corrected chi connectivity index (χ2v) is 10.2. The predicted octanol–water partition coefficient (Wildman–Crippen LogP) is 3.26. The first-order chi connectivity index (χ1) is 14.2. The number of carbonyl (C=O) groups excluding carboxylic acids is 1. The molecule has 0 saturated carbocycles. The van der Waals surface area contributed by atoms with Gasteiger partial charge in [-0.3, -0.25) is 4.79 Å². The smallest absolute Gasteiger partial charge is 0.219 e. The zero-order valence-corrected chi connectivity index (χ0v) is 18.3. The number of sulfonamides is 1. The molecule has 3 rings (SSSR count). The van der Waals surface area contributed by atoms with Gasteiger partial charge in [0.15, 0.2) is 0 Å². The van der Waals surface area contributed by atoms with E-state index < -0.39 is 15.3 Å². The van der Waals surface area contributed by atoms with Crippen molar-refractivity contribution in [2.75, 3.05) is 13.1 Å². The van der Waals surface area contributed by atoms with Crippen molar-refractivity contribution < 1.29 is 13.2 Å². The maximum Gasteiger partial charge on any atom is 0.219 e. The molecule has 6 nitrogen and oxygen atoms in total. The molecule has 158 valence electrons. The fraction of sp³-hybridized carbons (Fsp3) is 0.391. The van der Waals surface area contributed by atoms with Crippen molar-refractivity contribution in [3.8, 4) is 17.2 Å². The van der Waals surface area contributed by atoms with Crippen molar-refractivity contribution in [2.45, 2.75) is 44.4 Å². The second kappa shape index (κ2) is 8.99. The van der Waals surface area contributed by atoms with Crippen LogP contribution in [0.2, 0.25) is 0 Å². The number of benzene rings is 2. The van der Waals surface area contributed by atoms with Gasteiger partial charge in [0, 0.05) is 32.0 Å². The second-order valence-electron chi connectivity index (χ2n) is 7.96. The Labute approximate surface area is 178 Å². The molecule has 0 aromatic heterocycles. The first kappa shape index (κ1) is 22.0. The highest BCUT2D eigenvalue weighted by Crippen LogP contribution is 2.31. The Kier molecular flexibility index (Phi) is 6.59. The minimum absolute atomic E-state index is 0.00951. The van der Waals surface area contributed by atoms with Crippen LogP contribution < -0.4 is 4.72 Å². The number of nitrogens with one attached hydrogen (secondary N) is 1. The molecule has 0 spiro atoms. The van der Waals surface area contributed by atoms with Gasteiger partial charge in [-0.2, -0.15) is 5.26 Å². The molecule has 1 aliphatic rings. The average molecular weight is 426 g/mol. The quantitative estimate of drug-likeness (QED) is 0.796. The Bertz CT molecular complexity index is 1060. The van der Waals surface area contributed by atoms with Gasteiger partial charge in [-0.1, -0.05) is 42.5 Å². The van der Waals surface area contributed by atoms with E-state index in [1.807, 2.05) is 42.5 Å². The molecule has 1 aliphatic heterocycles. The van der Waals surface area contributed by atoms with Gasteiger partial charge in [0.1, 0.15) is 0 Å². The maximum atomic E-state index is 12.5. The summed E-state index contributed by atoms with van der Waals surface area (Å²) in [4.78, 5) is 13.7. The Balaban J connectivity index is 1.92. The predicted molar refractivity (Wildman–Crippen MR) is 117 cm³/mol. The molecule has 1 amide bonds. The third kappa shape index (κ3) is 4.72. The van der Waals surface area contributed by atoms with Gasteiger partial charge < -0.3 is 4.90 Å². The number of piperidine rings is 1. The minimum Gasteiger partial charge on any atom is -0.342 e. The molecule has 0 radical (unpaired) electrons. The summed E-state index contributed by atoms with van der Waals surface area (Å²) in [5.41, 5.74) is 3.36. The summed E-state index contributed by atoms with van der Waals surface area (Å²) in [6.07, 6.45) is 0.565. The zero-order chi connectivity index (χ0) is 21.9. The van der Waals surface area contributed by atoms with Crippen LogP contribution in [0.25, 0.3) is 11.1 Å². The third-order valence-corrected chi connectivity index (χ3v) is 7.56. The van der Waals surface area contributed by atoms with Crippen LogP contribution in [-0.4, -0.2) is 43.6 Å². The van der Waals surface area contributed by atoms with E-state index >= 15 is 0 Å². The molecule has 2 atom stereocenters. The molecule has 0 aliphatic carbocycles. The van der Waals surface area contributed by atoms with Gasteiger partial charge in [-0.05, 0) is 43.0 Å². The van der Waals surface area contributed by atoms with E-state index in [1.165, 1.54) is 6.92 Å². The lowest BCUT2D eigenvalue weighted by molar-refractivity contribution is -0.130. The van der Waals surface area contributed by atoms with Crippen molar-refractivity contribution in [2.24, 2.45) is 0 Å².